The van der Waals surface area contributed by atoms with Crippen molar-refractivity contribution < 1.29 is 19.4 Å². The number of esters is 1. The molecule has 2 rings (SSSR count). The number of nitrogens with one attached hydrogen (secondary N) is 1. The van der Waals surface area contributed by atoms with Gasteiger partial charge in [0.2, 0.25) is 0 Å². The van der Waals surface area contributed by atoms with Crippen LogP contribution in [-0.2, 0) is 9.53 Å². The summed E-state index contributed by atoms with van der Waals surface area (Å²) in [5.41, 5.74) is 1.42. The maximum Gasteiger partial charge on any atom is 0.338 e. The summed E-state index contributed by atoms with van der Waals surface area (Å²) in [5, 5.41) is 12.0. The molecule has 0 heterocycles. The van der Waals surface area contributed by atoms with Crippen molar-refractivity contribution in [3.63, 3.8) is 0 Å². The number of carbonyl (C=O) groups excluding carboxylic acids is 2. The van der Waals surface area contributed by atoms with Crippen LogP contribution >= 0.6 is 11.8 Å². The van der Waals surface area contributed by atoms with E-state index in [1.54, 1.807) is 11.8 Å². The summed E-state index contributed by atoms with van der Waals surface area (Å²) in [4.78, 5) is 24.5. The van der Waals surface area contributed by atoms with Gasteiger partial charge in [0, 0.05) is 17.2 Å². The predicted octanol–water partition coefficient (Wildman–Crippen LogP) is 2.77. The Morgan fingerprint density at radius 1 is 1.17 bits per heavy atom. The number of aromatic hydroxyl groups is 1. The first-order valence-corrected chi connectivity index (χ1v) is 8.45. The number of amides is 1. The molecular weight excluding hydrogens is 326 g/mol. The lowest BCUT2D eigenvalue weighted by atomic mass is 10.2. The molecule has 0 fully saturated rings. The van der Waals surface area contributed by atoms with E-state index < -0.39 is 5.97 Å². The van der Waals surface area contributed by atoms with Crippen LogP contribution in [-0.4, -0.2) is 35.9 Å². The monoisotopic (exact) mass is 345 g/mol. The second-order valence-corrected chi connectivity index (χ2v) is 6.31. The zero-order valence-corrected chi connectivity index (χ0v) is 14.1. The van der Waals surface area contributed by atoms with E-state index in [1.165, 1.54) is 29.8 Å². The van der Waals surface area contributed by atoms with Crippen LogP contribution in [0.4, 0.5) is 0 Å². The molecule has 0 aliphatic rings. The van der Waals surface area contributed by atoms with Gasteiger partial charge >= 0.3 is 5.97 Å². The maximum absolute atomic E-state index is 11.7. The Labute approximate surface area is 145 Å². The summed E-state index contributed by atoms with van der Waals surface area (Å²) in [6, 6.07) is 14.0. The Balaban J connectivity index is 1.64. The number of phenols is 1. The Morgan fingerprint density at radius 2 is 1.92 bits per heavy atom. The normalized spacial score (nSPS) is 10.2. The van der Waals surface area contributed by atoms with Gasteiger partial charge in [0.15, 0.2) is 6.61 Å². The molecule has 0 aliphatic carbocycles. The summed E-state index contributed by atoms with van der Waals surface area (Å²) in [6.45, 7) is 2.18. The van der Waals surface area contributed by atoms with Crippen molar-refractivity contribution in [2.24, 2.45) is 0 Å². The van der Waals surface area contributed by atoms with E-state index in [2.05, 4.69) is 5.32 Å². The van der Waals surface area contributed by atoms with Gasteiger partial charge in [-0.25, -0.2) is 4.79 Å². The molecule has 0 aliphatic heterocycles. The van der Waals surface area contributed by atoms with Crippen molar-refractivity contribution in [1.29, 1.82) is 0 Å². The van der Waals surface area contributed by atoms with Crippen LogP contribution in [0.3, 0.4) is 0 Å². The minimum Gasteiger partial charge on any atom is -0.508 e. The third-order valence-electron chi connectivity index (χ3n) is 3.13. The fraction of sp³-hybridized carbons (Fsp3) is 0.222. The van der Waals surface area contributed by atoms with Crippen molar-refractivity contribution in [1.82, 2.24) is 5.32 Å². The molecule has 0 saturated carbocycles. The summed E-state index contributed by atoms with van der Waals surface area (Å²) in [7, 11) is 0. The smallest absolute Gasteiger partial charge is 0.338 e. The van der Waals surface area contributed by atoms with Crippen molar-refractivity contribution in [2.45, 2.75) is 11.8 Å². The molecule has 0 spiro atoms. The molecule has 0 bridgehead atoms. The number of thioether (sulfide) groups is 1. The molecule has 2 aromatic rings. The van der Waals surface area contributed by atoms with E-state index in [-0.39, 0.29) is 23.8 Å². The van der Waals surface area contributed by atoms with Gasteiger partial charge in [-0.15, -0.1) is 11.8 Å². The minimum absolute atomic E-state index is 0.0259. The summed E-state index contributed by atoms with van der Waals surface area (Å²) >= 11 is 1.64. The van der Waals surface area contributed by atoms with Gasteiger partial charge in [-0.1, -0.05) is 23.8 Å². The Bertz CT molecular complexity index is 700. The molecule has 0 aromatic heterocycles. The third-order valence-corrected chi connectivity index (χ3v) is 4.14. The molecule has 2 aromatic carbocycles. The number of rotatable bonds is 7. The Kier molecular flexibility index (Phi) is 6.69. The number of benzene rings is 2. The van der Waals surface area contributed by atoms with Crippen molar-refractivity contribution >= 4 is 23.6 Å². The first kappa shape index (κ1) is 17.9. The number of carbonyl (C=O) groups is 2. The van der Waals surface area contributed by atoms with Gasteiger partial charge in [-0.05, 0) is 37.3 Å². The first-order chi connectivity index (χ1) is 11.5. The minimum atomic E-state index is -0.643. The first-order valence-electron chi connectivity index (χ1n) is 7.47. The Hall–Kier alpha value is -2.47. The summed E-state index contributed by atoms with van der Waals surface area (Å²) < 4.78 is 4.90. The topological polar surface area (TPSA) is 75.6 Å². The van der Waals surface area contributed by atoms with Crippen molar-refractivity contribution in [3.8, 4) is 5.75 Å². The van der Waals surface area contributed by atoms with Crippen molar-refractivity contribution in [3.05, 3.63) is 59.7 Å². The number of phenolic OH excluding ortho intramolecular Hbond substituents is 1. The third kappa shape index (κ3) is 5.96. The number of aryl methyl sites for hydroxylation is 1. The van der Waals surface area contributed by atoms with Crippen LogP contribution in [0.15, 0.2) is 53.4 Å². The van der Waals surface area contributed by atoms with E-state index in [0.29, 0.717) is 6.54 Å². The van der Waals surface area contributed by atoms with Crippen LogP contribution in [0.5, 0.6) is 5.75 Å². The molecule has 24 heavy (non-hydrogen) atoms. The van der Waals surface area contributed by atoms with E-state index in [9.17, 15) is 14.7 Å². The lowest BCUT2D eigenvalue weighted by molar-refractivity contribution is -0.124. The predicted molar refractivity (Wildman–Crippen MR) is 93.3 cm³/mol. The van der Waals surface area contributed by atoms with Gasteiger partial charge in [-0.3, -0.25) is 4.79 Å². The quantitative estimate of drug-likeness (QED) is 0.458. The van der Waals surface area contributed by atoms with Gasteiger partial charge in [0.1, 0.15) is 5.75 Å². The van der Waals surface area contributed by atoms with E-state index in [4.69, 9.17) is 4.74 Å². The molecule has 1 amide bonds. The molecule has 0 unspecified atom stereocenters. The van der Waals surface area contributed by atoms with Gasteiger partial charge in [-0.2, -0.15) is 0 Å². The number of hydrogen-bond donors (Lipinski definition) is 2. The lowest BCUT2D eigenvalue weighted by Gasteiger charge is -2.07. The van der Waals surface area contributed by atoms with Crippen LogP contribution in [0, 0.1) is 6.92 Å². The maximum atomic E-state index is 11.7. The number of ether oxygens (including phenoxy) is 1. The van der Waals surface area contributed by atoms with E-state index in [1.807, 2.05) is 31.2 Å². The highest BCUT2D eigenvalue weighted by Crippen LogP contribution is 2.17. The summed E-state index contributed by atoms with van der Waals surface area (Å²) in [6.07, 6.45) is 0. The SMILES string of the molecule is Cc1ccc(SCCNC(=O)COC(=O)c2cccc(O)c2)cc1. The summed E-state index contributed by atoms with van der Waals surface area (Å²) in [5.74, 6) is -0.292. The van der Waals surface area contributed by atoms with Crippen LogP contribution in [0.25, 0.3) is 0 Å². The standard InChI is InChI=1S/C18H19NO4S/c1-13-5-7-16(8-6-13)24-10-9-19-17(21)12-23-18(22)14-3-2-4-15(20)11-14/h2-8,11,20H,9-10,12H2,1H3,(H,19,21). The van der Waals surface area contributed by atoms with Gasteiger partial charge in [0.05, 0.1) is 5.56 Å². The van der Waals surface area contributed by atoms with Gasteiger partial charge < -0.3 is 15.2 Å². The molecule has 0 saturated heterocycles. The van der Waals surface area contributed by atoms with Crippen molar-refractivity contribution in [2.75, 3.05) is 18.9 Å². The molecule has 0 radical (unpaired) electrons. The van der Waals surface area contributed by atoms with Crippen LogP contribution < -0.4 is 5.32 Å². The highest BCUT2D eigenvalue weighted by atomic mass is 32.2. The zero-order chi connectivity index (χ0) is 17.4. The highest BCUT2D eigenvalue weighted by molar-refractivity contribution is 7.99. The average molecular weight is 345 g/mol. The van der Waals surface area contributed by atoms with Crippen LogP contribution in [0.2, 0.25) is 0 Å². The van der Waals surface area contributed by atoms with Gasteiger partial charge in [0.25, 0.3) is 5.91 Å². The fourth-order valence-corrected chi connectivity index (χ4v) is 2.66. The number of hydrogen-bond acceptors (Lipinski definition) is 5. The Morgan fingerprint density at radius 3 is 2.62 bits per heavy atom. The van der Waals surface area contributed by atoms with E-state index >= 15 is 0 Å². The lowest BCUT2D eigenvalue weighted by Crippen LogP contribution is -2.30. The second-order valence-electron chi connectivity index (χ2n) is 5.14. The molecular formula is C18H19NO4S. The van der Waals surface area contributed by atoms with E-state index in [0.717, 1.165) is 10.6 Å². The largest absolute Gasteiger partial charge is 0.508 e. The fourth-order valence-electron chi connectivity index (χ4n) is 1.89. The average Bonchev–Trinajstić information content (AvgIpc) is 2.58. The second kappa shape index (κ2) is 8.98. The molecule has 5 nitrogen and oxygen atoms in total. The molecule has 2 N–H and O–H groups in total. The molecule has 0 atom stereocenters. The van der Waals surface area contributed by atoms with Crippen LogP contribution in [0.1, 0.15) is 15.9 Å². The molecule has 6 heteroatoms. The zero-order valence-electron chi connectivity index (χ0n) is 13.3. The molecule has 126 valence electrons. The highest BCUT2D eigenvalue weighted by Gasteiger charge is 2.10.